The molecule has 6 heteroatoms. The Morgan fingerprint density at radius 1 is 1.44 bits per heavy atom. The van der Waals surface area contributed by atoms with E-state index in [1.54, 1.807) is 42.1 Å². The van der Waals surface area contributed by atoms with Gasteiger partial charge in [-0.25, -0.2) is 4.98 Å². The van der Waals surface area contributed by atoms with Gasteiger partial charge in [0.2, 0.25) is 5.78 Å². The molecule has 2 unspecified atom stereocenters. The zero-order chi connectivity index (χ0) is 12.4. The van der Waals surface area contributed by atoms with Gasteiger partial charge in [0.15, 0.2) is 5.82 Å². The summed E-state index contributed by atoms with van der Waals surface area (Å²) in [4.78, 5) is 23.2. The van der Waals surface area contributed by atoms with Crippen LogP contribution in [-0.2, 0) is 0 Å². The van der Waals surface area contributed by atoms with E-state index < -0.39 is 0 Å². The number of hydrogen-bond donors (Lipinski definition) is 1. The highest BCUT2D eigenvalue weighted by Gasteiger charge is 2.33. The summed E-state index contributed by atoms with van der Waals surface area (Å²) in [6, 6.07) is 3.98. The maximum atomic E-state index is 12.1. The predicted octanol–water partition coefficient (Wildman–Crippen LogP) is 2.53. The first-order valence-electron chi connectivity index (χ1n) is 5.55. The van der Waals surface area contributed by atoms with Gasteiger partial charge in [-0.15, -0.1) is 23.5 Å². The minimum Gasteiger partial charge on any atom is -0.342 e. The summed E-state index contributed by atoms with van der Waals surface area (Å²) in [6.07, 6.45) is 6.92. The van der Waals surface area contributed by atoms with Crippen LogP contribution in [-0.4, -0.2) is 31.7 Å². The molecule has 1 aliphatic rings. The van der Waals surface area contributed by atoms with E-state index in [-0.39, 0.29) is 11.0 Å². The monoisotopic (exact) mass is 277 g/mol. The molecule has 0 amide bonds. The van der Waals surface area contributed by atoms with Crippen molar-refractivity contribution in [3.8, 4) is 0 Å². The van der Waals surface area contributed by atoms with Gasteiger partial charge < -0.3 is 4.98 Å². The molecule has 92 valence electrons. The van der Waals surface area contributed by atoms with Gasteiger partial charge in [-0.3, -0.25) is 9.78 Å². The van der Waals surface area contributed by atoms with E-state index in [4.69, 9.17) is 0 Å². The number of thioether (sulfide) groups is 2. The van der Waals surface area contributed by atoms with Gasteiger partial charge >= 0.3 is 0 Å². The second-order valence-electron chi connectivity index (χ2n) is 3.88. The highest BCUT2D eigenvalue weighted by Crippen LogP contribution is 2.49. The zero-order valence-electron chi connectivity index (χ0n) is 9.45. The molecular formula is C12H11N3OS2. The molecule has 1 N–H and O–H groups in total. The molecule has 2 aromatic rings. The summed E-state index contributed by atoms with van der Waals surface area (Å²) in [7, 11) is 0. The van der Waals surface area contributed by atoms with E-state index in [2.05, 4.69) is 21.0 Å². The number of Topliss-reactive ketones (excluding diaryl/α,β-unsaturated/α-hetero) is 1. The molecule has 0 bridgehead atoms. The summed E-state index contributed by atoms with van der Waals surface area (Å²) in [5.74, 6) is 1.37. The van der Waals surface area contributed by atoms with Crippen LogP contribution in [0.15, 0.2) is 36.9 Å². The van der Waals surface area contributed by atoms with Crippen LogP contribution in [0.5, 0.6) is 0 Å². The van der Waals surface area contributed by atoms with Gasteiger partial charge in [-0.2, -0.15) is 0 Å². The topological polar surface area (TPSA) is 58.6 Å². The standard InChI is InChI=1S/C12H11N3OS2/c16-10(11-14-4-5-15-11)9-7-17-12(18-9)8-2-1-3-13-6-8/h1-6,9,12H,7H2,(H,14,15). The molecule has 1 fully saturated rings. The first-order valence-corrected chi connectivity index (χ1v) is 7.54. The highest BCUT2D eigenvalue weighted by atomic mass is 32.2. The van der Waals surface area contributed by atoms with Gasteiger partial charge in [-0.05, 0) is 11.6 Å². The molecular weight excluding hydrogens is 266 g/mol. The fraction of sp³-hybridized carbons (Fsp3) is 0.250. The molecule has 3 heterocycles. The van der Waals surface area contributed by atoms with Crippen LogP contribution in [0.25, 0.3) is 0 Å². The van der Waals surface area contributed by atoms with Crippen molar-refractivity contribution in [2.24, 2.45) is 0 Å². The Labute approximate surface area is 113 Å². The molecule has 0 aromatic carbocycles. The lowest BCUT2D eigenvalue weighted by Crippen LogP contribution is -2.18. The number of nitrogens with one attached hydrogen (secondary N) is 1. The van der Waals surface area contributed by atoms with Crippen LogP contribution in [0, 0.1) is 0 Å². The lowest BCUT2D eigenvalue weighted by atomic mass is 10.3. The van der Waals surface area contributed by atoms with Gasteiger partial charge in [0, 0.05) is 30.5 Å². The van der Waals surface area contributed by atoms with Crippen molar-refractivity contribution in [1.82, 2.24) is 15.0 Å². The van der Waals surface area contributed by atoms with Crippen molar-refractivity contribution in [2.75, 3.05) is 5.75 Å². The molecule has 0 saturated carbocycles. The smallest absolute Gasteiger partial charge is 0.211 e. The third-order valence-electron chi connectivity index (χ3n) is 2.67. The Balaban J connectivity index is 1.71. The summed E-state index contributed by atoms with van der Waals surface area (Å²) in [5.41, 5.74) is 1.17. The van der Waals surface area contributed by atoms with Crippen molar-refractivity contribution < 1.29 is 4.79 Å². The summed E-state index contributed by atoms with van der Waals surface area (Å²) < 4.78 is 0.294. The Morgan fingerprint density at radius 3 is 3.11 bits per heavy atom. The molecule has 0 radical (unpaired) electrons. The lowest BCUT2D eigenvalue weighted by Gasteiger charge is -2.08. The first-order chi connectivity index (χ1) is 8.84. The van der Waals surface area contributed by atoms with Crippen molar-refractivity contribution in [2.45, 2.75) is 9.83 Å². The number of aromatic nitrogens is 3. The Kier molecular flexibility index (Phi) is 3.38. The number of pyridine rings is 1. The molecule has 4 nitrogen and oxygen atoms in total. The number of aromatic amines is 1. The normalized spacial score (nSPS) is 23.1. The summed E-state index contributed by atoms with van der Waals surface area (Å²) in [6.45, 7) is 0. The lowest BCUT2D eigenvalue weighted by molar-refractivity contribution is 0.0987. The van der Waals surface area contributed by atoms with E-state index in [0.29, 0.717) is 10.4 Å². The maximum absolute atomic E-state index is 12.1. The van der Waals surface area contributed by atoms with Crippen LogP contribution in [0.1, 0.15) is 20.8 Å². The van der Waals surface area contributed by atoms with Crippen molar-refractivity contribution >= 4 is 29.3 Å². The van der Waals surface area contributed by atoms with Crippen LogP contribution in [0.2, 0.25) is 0 Å². The SMILES string of the molecule is O=C(c1ncc[nH]1)C1CSC(c2cccnc2)S1. The predicted molar refractivity (Wildman–Crippen MR) is 73.7 cm³/mol. The first kappa shape index (κ1) is 11.8. The van der Waals surface area contributed by atoms with Crippen molar-refractivity contribution in [1.29, 1.82) is 0 Å². The highest BCUT2D eigenvalue weighted by molar-refractivity contribution is 8.20. The molecule has 1 saturated heterocycles. The minimum absolute atomic E-state index is 0.0219. The summed E-state index contributed by atoms with van der Waals surface area (Å²) >= 11 is 3.47. The van der Waals surface area contributed by atoms with Gasteiger partial charge in [0.05, 0.1) is 9.83 Å². The average molecular weight is 277 g/mol. The number of carbonyl (C=O) groups is 1. The van der Waals surface area contributed by atoms with Gasteiger partial charge in [0.1, 0.15) is 0 Å². The average Bonchev–Trinajstić information content (AvgIpc) is 3.10. The second kappa shape index (κ2) is 5.16. The molecule has 1 aliphatic heterocycles. The van der Waals surface area contributed by atoms with Gasteiger partial charge in [-0.1, -0.05) is 6.07 Å². The molecule has 0 aliphatic carbocycles. The third-order valence-corrected chi connectivity index (χ3v) is 5.95. The molecule has 2 aromatic heterocycles. The number of carbonyl (C=O) groups excluding carboxylic acids is 1. The number of ketones is 1. The van der Waals surface area contributed by atoms with Gasteiger partial charge in [0.25, 0.3) is 0 Å². The van der Waals surface area contributed by atoms with E-state index in [0.717, 1.165) is 5.75 Å². The van der Waals surface area contributed by atoms with Crippen LogP contribution < -0.4 is 0 Å². The fourth-order valence-electron chi connectivity index (χ4n) is 1.78. The van der Waals surface area contributed by atoms with Crippen molar-refractivity contribution in [3.63, 3.8) is 0 Å². The number of imidazole rings is 1. The number of nitrogens with zero attached hydrogens (tertiary/aromatic N) is 2. The largest absolute Gasteiger partial charge is 0.342 e. The maximum Gasteiger partial charge on any atom is 0.211 e. The van der Waals surface area contributed by atoms with Crippen LogP contribution in [0.3, 0.4) is 0 Å². The van der Waals surface area contributed by atoms with Crippen molar-refractivity contribution in [3.05, 3.63) is 48.3 Å². The van der Waals surface area contributed by atoms with Crippen LogP contribution in [0.4, 0.5) is 0 Å². The number of H-pyrrole nitrogens is 1. The quantitative estimate of drug-likeness (QED) is 0.874. The molecule has 2 atom stereocenters. The van der Waals surface area contributed by atoms with E-state index in [9.17, 15) is 4.79 Å². The van der Waals surface area contributed by atoms with Crippen LogP contribution >= 0.6 is 23.5 Å². The zero-order valence-corrected chi connectivity index (χ0v) is 11.1. The summed E-state index contributed by atoms with van der Waals surface area (Å²) in [5, 5.41) is -0.0219. The third kappa shape index (κ3) is 2.30. The molecule has 0 spiro atoms. The Hall–Kier alpha value is -1.27. The Morgan fingerprint density at radius 2 is 2.39 bits per heavy atom. The fourth-order valence-corrected chi connectivity index (χ4v) is 4.95. The van der Waals surface area contributed by atoms with E-state index in [1.807, 2.05) is 12.3 Å². The second-order valence-corrected chi connectivity index (χ2v) is 6.63. The minimum atomic E-state index is -0.0219. The van der Waals surface area contributed by atoms with E-state index >= 15 is 0 Å². The number of rotatable bonds is 3. The molecule has 18 heavy (non-hydrogen) atoms. The Bertz CT molecular complexity index is 530. The molecule has 3 rings (SSSR count). The van der Waals surface area contributed by atoms with E-state index in [1.165, 1.54) is 5.56 Å². The number of hydrogen-bond acceptors (Lipinski definition) is 5.